The summed E-state index contributed by atoms with van der Waals surface area (Å²) in [6, 6.07) is 1.21. The molecule has 0 fully saturated rings. The highest BCUT2D eigenvalue weighted by Gasteiger charge is 2.47. The molecule has 0 bridgehead atoms. The summed E-state index contributed by atoms with van der Waals surface area (Å²) >= 11 is 0. The summed E-state index contributed by atoms with van der Waals surface area (Å²) in [4.78, 5) is 36.7. The van der Waals surface area contributed by atoms with Gasteiger partial charge in [0.25, 0.3) is 5.78 Å². The quantitative estimate of drug-likeness (QED) is 0.311. The van der Waals surface area contributed by atoms with Gasteiger partial charge in [0, 0.05) is 5.56 Å². The number of ether oxygens (including phenoxy) is 2. The standard InChI is InChI=1S/C17H25O9P/c1-6-22-16(19)13-10-12(11(5)26-13)15(14(18)17(20)23-7-2)27(21,24-8-3)25-9-4/h10,15H,6-9H2,1-5H3. The first-order chi connectivity index (χ1) is 12.7. The van der Waals surface area contributed by atoms with Gasteiger partial charge in [0.05, 0.1) is 26.4 Å². The number of carbonyl (C=O) groups is 3. The molecule has 0 aliphatic rings. The number of Topliss-reactive ketones (excluding diaryl/α,β-unsaturated/α-hetero) is 1. The molecule has 1 unspecified atom stereocenters. The fourth-order valence-corrected chi connectivity index (χ4v) is 4.47. The van der Waals surface area contributed by atoms with Gasteiger partial charge >= 0.3 is 19.5 Å². The van der Waals surface area contributed by atoms with Crippen LogP contribution in [0, 0.1) is 6.92 Å². The maximum atomic E-state index is 13.3. The maximum Gasteiger partial charge on any atom is 0.375 e. The Hall–Kier alpha value is -1.96. The van der Waals surface area contributed by atoms with E-state index in [-0.39, 0.29) is 43.5 Å². The van der Waals surface area contributed by atoms with E-state index in [1.165, 1.54) is 19.9 Å². The molecule has 1 atom stereocenters. The molecule has 9 nitrogen and oxygen atoms in total. The largest absolute Gasteiger partial charge is 0.460 e. The zero-order valence-electron chi connectivity index (χ0n) is 16.1. The first-order valence-electron chi connectivity index (χ1n) is 8.62. The minimum absolute atomic E-state index is 0.0223. The molecule has 152 valence electrons. The predicted octanol–water partition coefficient (Wildman–Crippen LogP) is 3.20. The summed E-state index contributed by atoms with van der Waals surface area (Å²) in [6.07, 6.45) is 0. The second-order valence-corrected chi connectivity index (χ2v) is 7.32. The molecule has 1 aromatic rings. The molecule has 0 aromatic carbocycles. The summed E-state index contributed by atoms with van der Waals surface area (Å²) < 4.78 is 38.7. The van der Waals surface area contributed by atoms with E-state index in [0.717, 1.165) is 0 Å². The van der Waals surface area contributed by atoms with Gasteiger partial charge in [0.2, 0.25) is 5.76 Å². The Morgan fingerprint density at radius 1 is 1.00 bits per heavy atom. The van der Waals surface area contributed by atoms with Crippen LogP contribution < -0.4 is 0 Å². The third-order valence-corrected chi connectivity index (χ3v) is 5.77. The van der Waals surface area contributed by atoms with Crippen molar-refractivity contribution >= 4 is 25.3 Å². The second-order valence-electron chi connectivity index (χ2n) is 5.21. The molecular formula is C17H25O9P. The SMILES string of the molecule is CCOC(=O)C(=O)C(c1cc(C(=O)OCC)oc1C)P(=O)(OCC)OCC. The third-order valence-electron chi connectivity index (χ3n) is 3.39. The van der Waals surface area contributed by atoms with Crippen LogP contribution in [0.2, 0.25) is 0 Å². The average molecular weight is 404 g/mol. The minimum Gasteiger partial charge on any atom is -0.460 e. The van der Waals surface area contributed by atoms with Crippen LogP contribution in [-0.2, 0) is 32.7 Å². The van der Waals surface area contributed by atoms with Crippen molar-refractivity contribution in [2.24, 2.45) is 0 Å². The minimum atomic E-state index is -4.11. The highest BCUT2D eigenvalue weighted by molar-refractivity contribution is 7.55. The van der Waals surface area contributed by atoms with E-state index in [1.54, 1.807) is 20.8 Å². The molecule has 0 spiro atoms. The first-order valence-corrected chi connectivity index (χ1v) is 10.2. The Morgan fingerprint density at radius 3 is 2.04 bits per heavy atom. The molecule has 0 saturated carbocycles. The highest BCUT2D eigenvalue weighted by Crippen LogP contribution is 2.62. The smallest absolute Gasteiger partial charge is 0.375 e. The Kier molecular flexibility index (Phi) is 8.88. The van der Waals surface area contributed by atoms with Crippen LogP contribution in [0.3, 0.4) is 0 Å². The molecule has 1 rings (SSSR count). The molecule has 0 N–H and O–H groups in total. The lowest BCUT2D eigenvalue weighted by molar-refractivity contribution is -0.153. The van der Waals surface area contributed by atoms with Crippen molar-refractivity contribution in [3.8, 4) is 0 Å². The fraction of sp³-hybridized carbons (Fsp3) is 0.588. The van der Waals surface area contributed by atoms with Gasteiger partial charge in [-0.2, -0.15) is 0 Å². The summed E-state index contributed by atoms with van der Waals surface area (Å²) in [5.74, 6) is -3.12. The number of rotatable bonds is 11. The molecule has 1 aromatic heterocycles. The molecule has 1 heterocycles. The van der Waals surface area contributed by atoms with Gasteiger partial charge in [0.15, 0.2) is 5.66 Å². The van der Waals surface area contributed by atoms with Crippen LogP contribution >= 0.6 is 7.60 Å². The van der Waals surface area contributed by atoms with Gasteiger partial charge in [-0.1, -0.05) is 0 Å². The number of ketones is 1. The molecular weight excluding hydrogens is 379 g/mol. The third kappa shape index (κ3) is 5.51. The van der Waals surface area contributed by atoms with Crippen LogP contribution in [0.25, 0.3) is 0 Å². The van der Waals surface area contributed by atoms with Gasteiger partial charge in [-0.3, -0.25) is 9.36 Å². The summed E-state index contributed by atoms with van der Waals surface area (Å²) in [6.45, 7) is 7.81. The molecule has 10 heteroatoms. The zero-order valence-corrected chi connectivity index (χ0v) is 17.0. The van der Waals surface area contributed by atoms with Gasteiger partial charge in [-0.15, -0.1) is 0 Å². The van der Waals surface area contributed by atoms with E-state index in [0.29, 0.717) is 0 Å². The Bertz CT molecular complexity index is 712. The number of esters is 2. The maximum absolute atomic E-state index is 13.3. The van der Waals surface area contributed by atoms with Crippen LogP contribution in [0.5, 0.6) is 0 Å². The second kappa shape index (κ2) is 10.4. The summed E-state index contributed by atoms with van der Waals surface area (Å²) in [7, 11) is -4.11. The van der Waals surface area contributed by atoms with Crippen molar-refractivity contribution < 1.29 is 41.9 Å². The molecule has 0 saturated heterocycles. The Morgan fingerprint density at radius 2 is 1.56 bits per heavy atom. The van der Waals surface area contributed by atoms with Crippen molar-refractivity contribution in [1.82, 2.24) is 0 Å². The van der Waals surface area contributed by atoms with Crippen molar-refractivity contribution in [2.45, 2.75) is 40.3 Å². The Labute approximate surface area is 157 Å². The summed E-state index contributed by atoms with van der Waals surface area (Å²) in [5, 5.41) is 0. The molecule has 0 aliphatic carbocycles. The zero-order chi connectivity index (χ0) is 20.6. The molecule has 27 heavy (non-hydrogen) atoms. The molecule has 0 radical (unpaired) electrons. The van der Waals surface area contributed by atoms with Crippen LogP contribution in [0.1, 0.15) is 55.2 Å². The number of hydrogen-bond acceptors (Lipinski definition) is 9. The average Bonchev–Trinajstić information content (AvgIpc) is 2.97. The topological polar surface area (TPSA) is 118 Å². The van der Waals surface area contributed by atoms with Crippen LogP contribution in [0.15, 0.2) is 10.5 Å². The number of aryl methyl sites for hydroxylation is 1. The van der Waals surface area contributed by atoms with Gasteiger partial charge in [-0.25, -0.2) is 9.59 Å². The molecule has 0 aliphatic heterocycles. The predicted molar refractivity (Wildman–Crippen MR) is 94.6 cm³/mol. The van der Waals surface area contributed by atoms with E-state index < -0.39 is 31.0 Å². The number of carbonyl (C=O) groups excluding carboxylic acids is 3. The van der Waals surface area contributed by atoms with Gasteiger partial charge in [0.1, 0.15) is 5.76 Å². The van der Waals surface area contributed by atoms with Crippen LogP contribution in [-0.4, -0.2) is 44.1 Å². The van der Waals surface area contributed by atoms with Crippen molar-refractivity contribution in [3.05, 3.63) is 23.2 Å². The van der Waals surface area contributed by atoms with Crippen LogP contribution in [0.4, 0.5) is 0 Å². The normalized spacial score (nSPS) is 12.5. The Balaban J connectivity index is 3.50. The lowest BCUT2D eigenvalue weighted by atomic mass is 10.1. The monoisotopic (exact) mass is 404 g/mol. The van der Waals surface area contributed by atoms with Crippen molar-refractivity contribution in [3.63, 3.8) is 0 Å². The fourth-order valence-electron chi connectivity index (χ4n) is 2.39. The summed E-state index contributed by atoms with van der Waals surface area (Å²) in [5.41, 5.74) is -1.58. The van der Waals surface area contributed by atoms with Crippen molar-refractivity contribution in [1.29, 1.82) is 0 Å². The van der Waals surface area contributed by atoms with Gasteiger partial charge in [-0.05, 0) is 40.7 Å². The first kappa shape index (κ1) is 23.1. The van der Waals surface area contributed by atoms with Gasteiger partial charge < -0.3 is 22.9 Å². The lowest BCUT2D eigenvalue weighted by Gasteiger charge is -2.24. The van der Waals surface area contributed by atoms with E-state index in [1.807, 2.05) is 0 Å². The highest BCUT2D eigenvalue weighted by atomic mass is 31.2. The lowest BCUT2D eigenvalue weighted by Crippen LogP contribution is -2.26. The van der Waals surface area contributed by atoms with E-state index in [9.17, 15) is 18.9 Å². The van der Waals surface area contributed by atoms with Crippen molar-refractivity contribution in [2.75, 3.05) is 26.4 Å². The number of hydrogen-bond donors (Lipinski definition) is 0. The number of furan rings is 1. The van der Waals surface area contributed by atoms with E-state index in [2.05, 4.69) is 0 Å². The molecule has 0 amide bonds. The van der Waals surface area contributed by atoms with E-state index >= 15 is 0 Å². The van der Waals surface area contributed by atoms with E-state index in [4.69, 9.17) is 22.9 Å².